The predicted octanol–water partition coefficient (Wildman–Crippen LogP) is 3.13. The average molecular weight is 307 g/mol. The van der Waals surface area contributed by atoms with Crippen LogP contribution in [-0.4, -0.2) is 27.7 Å². The molecule has 20 heavy (non-hydrogen) atoms. The maximum absolute atomic E-state index is 13.7. The van der Waals surface area contributed by atoms with Crippen LogP contribution in [0, 0.1) is 5.82 Å². The molecule has 0 fully saturated rings. The van der Waals surface area contributed by atoms with Crippen molar-refractivity contribution in [2.24, 2.45) is 9.98 Å². The first-order valence-electron chi connectivity index (χ1n) is 5.25. The summed E-state index contributed by atoms with van der Waals surface area (Å²) < 4.78 is 64.2. The van der Waals surface area contributed by atoms with Crippen LogP contribution < -0.4 is 0 Å². The summed E-state index contributed by atoms with van der Waals surface area (Å²) in [6.45, 7) is 1.31. The highest BCUT2D eigenvalue weighted by molar-refractivity contribution is 7.80. The first-order valence-corrected chi connectivity index (χ1v) is 5.66. The summed E-state index contributed by atoms with van der Waals surface area (Å²) >= 11 is 4.64. The Balaban J connectivity index is 2.46. The van der Waals surface area contributed by atoms with Crippen molar-refractivity contribution in [1.29, 1.82) is 0 Å². The Morgan fingerprint density at radius 1 is 1.25 bits per heavy atom. The summed E-state index contributed by atoms with van der Waals surface area (Å²) in [6.07, 6.45) is -5.92. The molecule has 1 unspecified atom stereocenters. The third-order valence-electron chi connectivity index (χ3n) is 2.46. The number of hydrogen-bond donors (Lipinski definition) is 0. The Morgan fingerprint density at radius 2 is 1.90 bits per heavy atom. The molecule has 0 aromatic carbocycles. The molecular weight excluding hydrogens is 301 g/mol. The van der Waals surface area contributed by atoms with Crippen LogP contribution in [0.5, 0.6) is 0 Å². The number of alkyl halides is 4. The van der Waals surface area contributed by atoms with E-state index >= 15 is 0 Å². The summed E-state index contributed by atoms with van der Waals surface area (Å²) in [4.78, 5) is 10.2. The van der Waals surface area contributed by atoms with Crippen molar-refractivity contribution in [3.8, 4) is 0 Å². The minimum absolute atomic E-state index is 0.0545. The first kappa shape index (κ1) is 14.6. The predicted molar refractivity (Wildman–Crippen MR) is 66.3 cm³/mol. The van der Waals surface area contributed by atoms with Gasteiger partial charge in [-0.1, -0.05) is 12.2 Å². The fourth-order valence-electron chi connectivity index (χ4n) is 1.45. The molecule has 1 aromatic rings. The quantitative estimate of drug-likeness (QED) is 0.590. The molecule has 0 saturated carbocycles. The van der Waals surface area contributed by atoms with Gasteiger partial charge in [-0.3, -0.25) is 0 Å². The SMILES string of the molecule is CC1=NC(c2ncc(C(F)(F)F)cc2F)=NC(=S)C1F. The maximum Gasteiger partial charge on any atom is 0.417 e. The molecular formula is C11H6F5N3S. The largest absolute Gasteiger partial charge is 0.417 e. The van der Waals surface area contributed by atoms with Crippen LogP contribution in [0.3, 0.4) is 0 Å². The van der Waals surface area contributed by atoms with E-state index in [1.54, 1.807) is 0 Å². The number of pyridine rings is 1. The van der Waals surface area contributed by atoms with Crippen LogP contribution in [0.1, 0.15) is 18.2 Å². The van der Waals surface area contributed by atoms with E-state index in [9.17, 15) is 22.0 Å². The summed E-state index contributed by atoms with van der Waals surface area (Å²) in [7, 11) is 0. The zero-order chi connectivity index (χ0) is 15.1. The highest BCUT2D eigenvalue weighted by Crippen LogP contribution is 2.29. The van der Waals surface area contributed by atoms with Gasteiger partial charge in [0.2, 0.25) is 0 Å². The third-order valence-corrected chi connectivity index (χ3v) is 2.76. The van der Waals surface area contributed by atoms with Crippen molar-refractivity contribution < 1.29 is 22.0 Å². The molecule has 0 bridgehead atoms. The van der Waals surface area contributed by atoms with Crippen LogP contribution in [-0.2, 0) is 6.18 Å². The standard InChI is InChI=1S/C11H6F5N3S/c1-4-7(13)10(20)19-9(18-4)8-6(12)2-5(3-17-8)11(14,15)16/h2-3,7H,1H3. The molecule has 106 valence electrons. The zero-order valence-corrected chi connectivity index (χ0v) is 10.7. The minimum Gasteiger partial charge on any atom is -0.249 e. The van der Waals surface area contributed by atoms with E-state index in [-0.39, 0.29) is 22.6 Å². The lowest BCUT2D eigenvalue weighted by atomic mass is 10.2. The van der Waals surface area contributed by atoms with Crippen molar-refractivity contribution >= 4 is 28.8 Å². The van der Waals surface area contributed by atoms with Crippen molar-refractivity contribution in [2.45, 2.75) is 19.3 Å². The molecule has 9 heteroatoms. The van der Waals surface area contributed by atoms with E-state index in [2.05, 4.69) is 27.2 Å². The number of rotatable bonds is 1. The minimum atomic E-state index is -4.71. The van der Waals surface area contributed by atoms with Crippen molar-refractivity contribution in [3.05, 3.63) is 29.3 Å². The average Bonchev–Trinajstić information content (AvgIpc) is 2.34. The lowest BCUT2D eigenvalue weighted by Crippen LogP contribution is -2.28. The van der Waals surface area contributed by atoms with E-state index in [4.69, 9.17) is 0 Å². The highest BCUT2D eigenvalue weighted by Gasteiger charge is 2.33. The summed E-state index contributed by atoms with van der Waals surface area (Å²) in [5.74, 6) is -1.59. The van der Waals surface area contributed by atoms with Gasteiger partial charge in [-0.25, -0.2) is 23.7 Å². The molecule has 1 atom stereocenters. The zero-order valence-electron chi connectivity index (χ0n) is 9.87. The summed E-state index contributed by atoms with van der Waals surface area (Å²) in [5.41, 5.74) is -1.80. The van der Waals surface area contributed by atoms with Gasteiger partial charge in [0.25, 0.3) is 0 Å². The summed E-state index contributed by atoms with van der Waals surface area (Å²) in [6, 6.07) is 0.278. The molecule has 0 saturated heterocycles. The van der Waals surface area contributed by atoms with Gasteiger partial charge in [0.05, 0.1) is 11.3 Å². The van der Waals surface area contributed by atoms with Crippen molar-refractivity contribution in [1.82, 2.24) is 4.98 Å². The molecule has 2 heterocycles. The van der Waals surface area contributed by atoms with Crippen LogP contribution >= 0.6 is 12.2 Å². The number of amidine groups is 1. The fraction of sp³-hybridized carbons (Fsp3) is 0.273. The van der Waals surface area contributed by atoms with Gasteiger partial charge in [0, 0.05) is 6.20 Å². The highest BCUT2D eigenvalue weighted by atomic mass is 32.1. The van der Waals surface area contributed by atoms with Gasteiger partial charge in [-0.2, -0.15) is 13.2 Å². The molecule has 1 aliphatic heterocycles. The topological polar surface area (TPSA) is 37.6 Å². The normalized spacial score (nSPS) is 19.7. The lowest BCUT2D eigenvalue weighted by molar-refractivity contribution is -0.138. The number of aliphatic imine (C=N–C) groups is 2. The molecule has 0 amide bonds. The van der Waals surface area contributed by atoms with Crippen molar-refractivity contribution in [3.63, 3.8) is 0 Å². The first-order chi connectivity index (χ1) is 9.20. The van der Waals surface area contributed by atoms with E-state index < -0.39 is 29.4 Å². The Labute approximate surface area is 115 Å². The third kappa shape index (κ3) is 2.72. The van der Waals surface area contributed by atoms with Gasteiger partial charge in [-0.05, 0) is 13.0 Å². The Bertz CT molecular complexity index is 635. The lowest BCUT2D eigenvalue weighted by Gasteiger charge is -2.14. The molecule has 1 aliphatic rings. The molecule has 0 N–H and O–H groups in total. The number of thiocarbonyl (C=S) groups is 1. The van der Waals surface area contributed by atoms with Crippen LogP contribution in [0.15, 0.2) is 22.2 Å². The smallest absolute Gasteiger partial charge is 0.249 e. The molecule has 3 nitrogen and oxygen atoms in total. The van der Waals surface area contributed by atoms with Crippen LogP contribution in [0.25, 0.3) is 0 Å². The molecule has 2 rings (SSSR count). The Morgan fingerprint density at radius 3 is 2.40 bits per heavy atom. The van der Waals surface area contributed by atoms with E-state index in [0.717, 1.165) is 0 Å². The van der Waals surface area contributed by atoms with E-state index in [1.807, 2.05) is 0 Å². The molecule has 1 aromatic heterocycles. The maximum atomic E-state index is 13.7. The van der Waals surface area contributed by atoms with Gasteiger partial charge < -0.3 is 0 Å². The Kier molecular flexibility index (Phi) is 3.63. The number of halogens is 5. The van der Waals surface area contributed by atoms with Gasteiger partial charge >= 0.3 is 6.18 Å². The fourth-order valence-corrected chi connectivity index (χ4v) is 1.71. The monoisotopic (exact) mass is 307 g/mol. The van der Waals surface area contributed by atoms with Crippen LogP contribution in [0.4, 0.5) is 22.0 Å². The van der Waals surface area contributed by atoms with Crippen LogP contribution in [0.2, 0.25) is 0 Å². The van der Waals surface area contributed by atoms with E-state index in [0.29, 0.717) is 6.20 Å². The Hall–Kier alpha value is -1.77. The number of aromatic nitrogens is 1. The molecule has 0 aliphatic carbocycles. The van der Waals surface area contributed by atoms with E-state index in [1.165, 1.54) is 6.92 Å². The summed E-state index contributed by atoms with van der Waals surface area (Å²) in [5, 5.41) is 0. The second-order valence-electron chi connectivity index (χ2n) is 3.94. The number of nitrogens with zero attached hydrogens (tertiary/aromatic N) is 3. The van der Waals surface area contributed by atoms with Crippen molar-refractivity contribution in [2.75, 3.05) is 0 Å². The molecule has 0 spiro atoms. The second-order valence-corrected chi connectivity index (χ2v) is 4.36. The van der Waals surface area contributed by atoms with Gasteiger partial charge in [0.15, 0.2) is 17.8 Å². The number of hydrogen-bond acceptors (Lipinski definition) is 3. The van der Waals surface area contributed by atoms with Gasteiger partial charge in [-0.15, -0.1) is 0 Å². The van der Waals surface area contributed by atoms with Gasteiger partial charge in [0.1, 0.15) is 10.7 Å². The second kappa shape index (κ2) is 4.97. The molecule has 0 radical (unpaired) electrons.